The molecule has 2 N–H and O–H groups in total. The van der Waals surface area contributed by atoms with Crippen LogP contribution in [0.2, 0.25) is 0 Å². The second kappa shape index (κ2) is 4.47. The van der Waals surface area contributed by atoms with Crippen molar-refractivity contribution < 1.29 is 9.90 Å². The molecule has 0 spiro atoms. The Morgan fingerprint density at radius 1 is 1.33 bits per heavy atom. The van der Waals surface area contributed by atoms with Gasteiger partial charge < -0.3 is 10.0 Å². The molecule has 1 aliphatic carbocycles. The molecule has 1 heterocycles. The smallest absolute Gasteiger partial charge is 0.322 e. The number of hydrogen-bond acceptors (Lipinski definition) is 4. The summed E-state index contributed by atoms with van der Waals surface area (Å²) in [7, 11) is 2.09. The number of likely N-dealkylation sites (N-methyl/N-ethyl adjacent to an activating group) is 1. The number of nitrogens with one attached hydrogen (secondary N) is 1. The molecule has 1 saturated carbocycles. The van der Waals surface area contributed by atoms with Gasteiger partial charge in [-0.25, -0.2) is 10.4 Å². The number of hydrogen-bond donors (Lipinski definition) is 2. The summed E-state index contributed by atoms with van der Waals surface area (Å²) >= 11 is 0. The van der Waals surface area contributed by atoms with Gasteiger partial charge in [-0.05, 0) is 25.8 Å². The minimum atomic E-state index is -0.712. The van der Waals surface area contributed by atoms with Crippen molar-refractivity contribution in [3.63, 3.8) is 0 Å². The van der Waals surface area contributed by atoms with E-state index in [0.29, 0.717) is 5.92 Å². The largest absolute Gasteiger partial charge is 0.480 e. The van der Waals surface area contributed by atoms with Crippen molar-refractivity contribution in [3.05, 3.63) is 0 Å². The van der Waals surface area contributed by atoms with Crippen molar-refractivity contribution in [3.8, 4) is 0 Å². The molecule has 2 fully saturated rings. The van der Waals surface area contributed by atoms with Crippen LogP contribution in [0.4, 0.5) is 0 Å². The quantitative estimate of drug-likeness (QED) is 0.665. The van der Waals surface area contributed by atoms with Crippen LogP contribution in [0.25, 0.3) is 0 Å². The summed E-state index contributed by atoms with van der Waals surface area (Å²) < 4.78 is 0. The maximum absolute atomic E-state index is 11.0. The van der Waals surface area contributed by atoms with Crippen LogP contribution in [0.5, 0.6) is 0 Å². The van der Waals surface area contributed by atoms with E-state index in [2.05, 4.69) is 22.4 Å². The van der Waals surface area contributed by atoms with Gasteiger partial charge in [-0.1, -0.05) is 0 Å². The van der Waals surface area contributed by atoms with Gasteiger partial charge in [0.15, 0.2) is 0 Å². The van der Waals surface area contributed by atoms with E-state index in [1.54, 1.807) is 0 Å². The fourth-order valence-electron chi connectivity index (χ4n) is 1.92. The van der Waals surface area contributed by atoms with E-state index in [1.165, 1.54) is 0 Å². The summed E-state index contributed by atoms with van der Waals surface area (Å²) in [6.45, 7) is 3.83. The van der Waals surface area contributed by atoms with Gasteiger partial charge in [0.25, 0.3) is 0 Å². The van der Waals surface area contributed by atoms with Crippen LogP contribution in [0.3, 0.4) is 0 Å². The van der Waals surface area contributed by atoms with Gasteiger partial charge >= 0.3 is 5.97 Å². The lowest BCUT2D eigenvalue weighted by Crippen LogP contribution is -2.56. The highest BCUT2D eigenvalue weighted by Crippen LogP contribution is 2.32. The number of aliphatic carboxylic acids is 1. The average Bonchev–Trinajstić information content (AvgIpc) is 3.00. The van der Waals surface area contributed by atoms with E-state index in [9.17, 15) is 4.79 Å². The third-order valence-corrected chi connectivity index (χ3v) is 3.18. The Kier molecular flexibility index (Phi) is 3.23. The van der Waals surface area contributed by atoms with Gasteiger partial charge in [-0.15, -0.1) is 0 Å². The van der Waals surface area contributed by atoms with Gasteiger partial charge in [0.2, 0.25) is 0 Å². The molecule has 5 nitrogen and oxygen atoms in total. The average molecular weight is 213 g/mol. The van der Waals surface area contributed by atoms with E-state index in [4.69, 9.17) is 5.11 Å². The molecule has 2 rings (SSSR count). The summed E-state index contributed by atoms with van der Waals surface area (Å²) in [5.74, 6) is -0.362. The van der Waals surface area contributed by atoms with Gasteiger partial charge in [0, 0.05) is 26.2 Å². The lowest BCUT2D eigenvalue weighted by molar-refractivity contribution is -0.142. The molecule has 0 aromatic carbocycles. The topological polar surface area (TPSA) is 55.8 Å². The van der Waals surface area contributed by atoms with E-state index < -0.39 is 5.97 Å². The standard InChI is InChI=1S/C10H19N3O2/c1-12-4-6-13(7-5-12)11-9(10(14)15)8-2-3-8/h8-9,11H,2-7H2,1H3,(H,14,15). The zero-order valence-corrected chi connectivity index (χ0v) is 9.15. The molecule has 1 atom stereocenters. The Morgan fingerprint density at radius 3 is 2.40 bits per heavy atom. The van der Waals surface area contributed by atoms with Crippen molar-refractivity contribution in [1.29, 1.82) is 0 Å². The number of piperazine rings is 1. The molecule has 5 heteroatoms. The van der Waals surface area contributed by atoms with E-state index in [1.807, 2.05) is 0 Å². The summed E-state index contributed by atoms with van der Waals surface area (Å²) in [6, 6.07) is -0.367. The fourth-order valence-corrected chi connectivity index (χ4v) is 1.92. The lowest BCUT2D eigenvalue weighted by Gasteiger charge is -2.34. The second-order valence-corrected chi connectivity index (χ2v) is 4.57. The highest BCUT2D eigenvalue weighted by molar-refractivity contribution is 5.74. The molecule has 0 aromatic rings. The predicted molar refractivity (Wildman–Crippen MR) is 56.4 cm³/mol. The Hall–Kier alpha value is -0.650. The monoisotopic (exact) mass is 213 g/mol. The third kappa shape index (κ3) is 2.90. The Bertz CT molecular complexity index is 235. The number of carbonyl (C=O) groups is 1. The number of carboxylic acid groups (broad SMARTS) is 1. The van der Waals surface area contributed by atoms with Crippen molar-refractivity contribution >= 4 is 5.97 Å². The normalized spacial score (nSPS) is 26.5. The lowest BCUT2D eigenvalue weighted by atomic mass is 10.2. The molecule has 15 heavy (non-hydrogen) atoms. The minimum absolute atomic E-state index is 0.349. The molecule has 0 radical (unpaired) electrons. The van der Waals surface area contributed by atoms with Gasteiger partial charge in [0.1, 0.15) is 6.04 Å². The Balaban J connectivity index is 1.81. The zero-order chi connectivity index (χ0) is 10.8. The van der Waals surface area contributed by atoms with Gasteiger partial charge in [-0.3, -0.25) is 4.79 Å². The van der Waals surface area contributed by atoms with Crippen molar-refractivity contribution in [2.24, 2.45) is 5.92 Å². The minimum Gasteiger partial charge on any atom is -0.480 e. The predicted octanol–water partition coefficient (Wildman–Crippen LogP) is -0.398. The highest BCUT2D eigenvalue weighted by Gasteiger charge is 2.37. The van der Waals surface area contributed by atoms with Crippen molar-refractivity contribution in [2.75, 3.05) is 33.2 Å². The van der Waals surface area contributed by atoms with E-state index in [-0.39, 0.29) is 6.04 Å². The summed E-state index contributed by atoms with van der Waals surface area (Å²) in [4.78, 5) is 13.3. The molecular weight excluding hydrogens is 194 g/mol. The van der Waals surface area contributed by atoms with Crippen LogP contribution in [-0.4, -0.2) is 60.3 Å². The summed E-state index contributed by atoms with van der Waals surface area (Å²) in [6.07, 6.45) is 2.11. The zero-order valence-electron chi connectivity index (χ0n) is 9.15. The molecule has 0 amide bonds. The number of hydrazine groups is 1. The van der Waals surface area contributed by atoms with Crippen LogP contribution in [0.15, 0.2) is 0 Å². The van der Waals surface area contributed by atoms with Gasteiger partial charge in [-0.2, -0.15) is 0 Å². The number of nitrogens with zero attached hydrogens (tertiary/aromatic N) is 2. The van der Waals surface area contributed by atoms with E-state index in [0.717, 1.165) is 39.0 Å². The number of carboxylic acids is 1. The van der Waals surface area contributed by atoms with Crippen LogP contribution in [0, 0.1) is 5.92 Å². The van der Waals surface area contributed by atoms with Crippen molar-refractivity contribution in [1.82, 2.24) is 15.3 Å². The van der Waals surface area contributed by atoms with Crippen LogP contribution >= 0.6 is 0 Å². The number of rotatable bonds is 4. The van der Waals surface area contributed by atoms with Crippen molar-refractivity contribution in [2.45, 2.75) is 18.9 Å². The maximum Gasteiger partial charge on any atom is 0.322 e. The first-order valence-electron chi connectivity index (χ1n) is 5.59. The molecule has 86 valence electrons. The molecule has 1 saturated heterocycles. The van der Waals surface area contributed by atoms with E-state index >= 15 is 0 Å². The second-order valence-electron chi connectivity index (χ2n) is 4.57. The molecule has 0 bridgehead atoms. The summed E-state index contributed by atoms with van der Waals surface area (Å²) in [5.41, 5.74) is 3.14. The molecule has 1 unspecified atom stereocenters. The molecule has 2 aliphatic rings. The highest BCUT2D eigenvalue weighted by atomic mass is 16.4. The first-order chi connectivity index (χ1) is 7.16. The molecule has 1 aliphatic heterocycles. The maximum atomic E-state index is 11.0. The molecule has 0 aromatic heterocycles. The van der Waals surface area contributed by atoms with Crippen LogP contribution in [-0.2, 0) is 4.79 Å². The molecular formula is C10H19N3O2. The van der Waals surface area contributed by atoms with Crippen LogP contribution < -0.4 is 5.43 Å². The van der Waals surface area contributed by atoms with Crippen LogP contribution in [0.1, 0.15) is 12.8 Å². The fraction of sp³-hybridized carbons (Fsp3) is 0.900. The summed E-state index contributed by atoms with van der Waals surface area (Å²) in [5, 5.41) is 11.1. The first-order valence-corrected chi connectivity index (χ1v) is 5.59. The van der Waals surface area contributed by atoms with Gasteiger partial charge in [0.05, 0.1) is 0 Å². The first kappa shape index (κ1) is 10.9. The Morgan fingerprint density at radius 2 is 1.93 bits per heavy atom. The third-order valence-electron chi connectivity index (χ3n) is 3.18. The Labute approximate surface area is 90.0 Å². The SMILES string of the molecule is CN1CCN(NC(C(=O)O)C2CC2)CC1.